The van der Waals surface area contributed by atoms with Crippen LogP contribution in [0.1, 0.15) is 26.7 Å². The largest absolute Gasteiger partial charge is 0.356 e. The van der Waals surface area contributed by atoms with Gasteiger partial charge < -0.3 is 10.6 Å². The SMILES string of the molecule is CC(C)CCn1cc(-c2nc(-c3csc(NC4=NCCCN4)n3)cs2)cn1. The van der Waals surface area contributed by atoms with Crippen molar-refractivity contribution in [2.45, 2.75) is 33.2 Å². The van der Waals surface area contributed by atoms with Crippen LogP contribution in [0.4, 0.5) is 5.13 Å². The highest BCUT2D eigenvalue weighted by Gasteiger charge is 2.13. The Morgan fingerprint density at radius 3 is 2.89 bits per heavy atom. The second-order valence-electron chi connectivity index (χ2n) is 6.89. The fraction of sp³-hybridized carbons (Fsp3) is 0.444. The van der Waals surface area contributed by atoms with E-state index >= 15 is 0 Å². The third kappa shape index (κ3) is 4.54. The van der Waals surface area contributed by atoms with E-state index in [-0.39, 0.29) is 0 Å². The van der Waals surface area contributed by atoms with Crippen molar-refractivity contribution < 1.29 is 0 Å². The minimum absolute atomic E-state index is 0.673. The van der Waals surface area contributed by atoms with Crippen LogP contribution in [0, 0.1) is 5.92 Å². The predicted molar refractivity (Wildman–Crippen MR) is 112 cm³/mol. The summed E-state index contributed by atoms with van der Waals surface area (Å²) in [5, 5.41) is 16.8. The number of aromatic nitrogens is 4. The summed E-state index contributed by atoms with van der Waals surface area (Å²) in [5.74, 6) is 1.47. The van der Waals surface area contributed by atoms with Crippen LogP contribution in [0.15, 0.2) is 28.1 Å². The molecule has 0 saturated heterocycles. The van der Waals surface area contributed by atoms with Gasteiger partial charge in [0.2, 0.25) is 0 Å². The van der Waals surface area contributed by atoms with Crippen molar-refractivity contribution in [2.24, 2.45) is 10.9 Å². The molecule has 7 nitrogen and oxygen atoms in total. The number of hydrogen-bond donors (Lipinski definition) is 2. The minimum atomic E-state index is 0.673. The summed E-state index contributed by atoms with van der Waals surface area (Å²) in [7, 11) is 0. The Balaban J connectivity index is 1.44. The molecule has 0 unspecified atom stereocenters. The Bertz CT molecular complexity index is 922. The van der Waals surface area contributed by atoms with Gasteiger partial charge in [-0.05, 0) is 18.8 Å². The third-order valence-corrected chi connectivity index (χ3v) is 5.86. The van der Waals surface area contributed by atoms with Crippen molar-refractivity contribution >= 4 is 33.8 Å². The van der Waals surface area contributed by atoms with E-state index in [0.717, 1.165) is 65.5 Å². The molecule has 0 radical (unpaired) electrons. The fourth-order valence-electron chi connectivity index (χ4n) is 2.68. The molecule has 1 aliphatic heterocycles. The first-order valence-electron chi connectivity index (χ1n) is 9.17. The molecule has 3 aromatic heterocycles. The maximum Gasteiger partial charge on any atom is 0.197 e. The average molecular weight is 402 g/mol. The zero-order chi connectivity index (χ0) is 18.6. The van der Waals surface area contributed by atoms with Crippen LogP contribution >= 0.6 is 22.7 Å². The summed E-state index contributed by atoms with van der Waals surface area (Å²) in [4.78, 5) is 13.8. The number of aryl methyl sites for hydroxylation is 1. The third-order valence-electron chi connectivity index (χ3n) is 4.21. The van der Waals surface area contributed by atoms with Crippen LogP contribution in [-0.2, 0) is 6.54 Å². The van der Waals surface area contributed by atoms with Crippen LogP contribution < -0.4 is 10.6 Å². The summed E-state index contributed by atoms with van der Waals surface area (Å²) < 4.78 is 2.00. The normalized spacial score (nSPS) is 14.3. The van der Waals surface area contributed by atoms with E-state index in [4.69, 9.17) is 4.98 Å². The number of nitrogens with one attached hydrogen (secondary N) is 2. The molecule has 0 aromatic carbocycles. The van der Waals surface area contributed by atoms with E-state index in [1.807, 2.05) is 16.3 Å². The first-order chi connectivity index (χ1) is 13.2. The quantitative estimate of drug-likeness (QED) is 0.654. The van der Waals surface area contributed by atoms with Crippen LogP contribution in [-0.4, -0.2) is 38.8 Å². The molecular weight excluding hydrogens is 378 g/mol. The Labute approximate surface area is 166 Å². The van der Waals surface area contributed by atoms with Crippen LogP contribution in [0.2, 0.25) is 0 Å². The highest BCUT2D eigenvalue weighted by Crippen LogP contribution is 2.30. The Morgan fingerprint density at radius 1 is 1.22 bits per heavy atom. The number of thiazole rings is 2. The van der Waals surface area contributed by atoms with Gasteiger partial charge in [-0.3, -0.25) is 9.67 Å². The standard InChI is InChI=1S/C18H23N7S2/c1-12(2)4-7-25-9-13(8-21-25)16-22-14(10-26-16)15-11-27-18(23-15)24-17-19-5-3-6-20-17/h8-12H,3-7H2,1-2H3,(H2,19,20,23,24). The highest BCUT2D eigenvalue weighted by atomic mass is 32.1. The van der Waals surface area contributed by atoms with Gasteiger partial charge in [-0.25, -0.2) is 9.97 Å². The molecule has 0 bridgehead atoms. The van der Waals surface area contributed by atoms with E-state index in [1.54, 1.807) is 22.7 Å². The van der Waals surface area contributed by atoms with Crippen molar-refractivity contribution in [3.8, 4) is 22.0 Å². The van der Waals surface area contributed by atoms with Crippen molar-refractivity contribution in [1.29, 1.82) is 0 Å². The van der Waals surface area contributed by atoms with Crippen LogP contribution in [0.25, 0.3) is 22.0 Å². The number of aliphatic imine (C=N–C) groups is 1. The molecule has 3 aromatic rings. The second-order valence-corrected chi connectivity index (χ2v) is 8.60. The van der Waals surface area contributed by atoms with Gasteiger partial charge in [-0.15, -0.1) is 22.7 Å². The molecule has 27 heavy (non-hydrogen) atoms. The molecule has 0 spiro atoms. The lowest BCUT2D eigenvalue weighted by Gasteiger charge is -2.13. The molecule has 9 heteroatoms. The van der Waals surface area contributed by atoms with E-state index in [2.05, 4.69) is 51.1 Å². The highest BCUT2D eigenvalue weighted by molar-refractivity contribution is 7.14. The minimum Gasteiger partial charge on any atom is -0.356 e. The molecular formula is C18H23N7S2. The van der Waals surface area contributed by atoms with Gasteiger partial charge in [0.15, 0.2) is 11.1 Å². The van der Waals surface area contributed by atoms with Gasteiger partial charge in [0.25, 0.3) is 0 Å². The Hall–Kier alpha value is -2.26. The van der Waals surface area contributed by atoms with E-state index in [9.17, 15) is 0 Å². The molecule has 0 saturated carbocycles. The molecule has 0 atom stereocenters. The van der Waals surface area contributed by atoms with E-state index < -0.39 is 0 Å². The summed E-state index contributed by atoms with van der Waals surface area (Å²) in [6.45, 7) is 7.20. The average Bonchev–Trinajstić information content (AvgIpc) is 3.41. The molecule has 0 fully saturated rings. The molecule has 4 heterocycles. The number of hydrogen-bond acceptors (Lipinski definition) is 8. The summed E-state index contributed by atoms with van der Waals surface area (Å²) in [6.07, 6.45) is 6.17. The molecule has 2 N–H and O–H groups in total. The van der Waals surface area contributed by atoms with Gasteiger partial charge in [-0.1, -0.05) is 13.8 Å². The molecule has 1 aliphatic rings. The molecule has 0 amide bonds. The molecule has 4 rings (SSSR count). The van der Waals surface area contributed by atoms with Crippen molar-refractivity contribution in [1.82, 2.24) is 25.1 Å². The van der Waals surface area contributed by atoms with Crippen molar-refractivity contribution in [3.05, 3.63) is 23.2 Å². The van der Waals surface area contributed by atoms with Gasteiger partial charge in [0.1, 0.15) is 16.4 Å². The lowest BCUT2D eigenvalue weighted by Crippen LogP contribution is -2.35. The predicted octanol–water partition coefficient (Wildman–Crippen LogP) is 3.94. The van der Waals surface area contributed by atoms with Gasteiger partial charge in [-0.2, -0.15) is 5.10 Å². The fourth-order valence-corrected chi connectivity index (χ4v) is 4.17. The zero-order valence-corrected chi connectivity index (χ0v) is 17.1. The maximum absolute atomic E-state index is 4.76. The Morgan fingerprint density at radius 2 is 2.07 bits per heavy atom. The van der Waals surface area contributed by atoms with Crippen LogP contribution in [0.3, 0.4) is 0 Å². The van der Waals surface area contributed by atoms with Crippen molar-refractivity contribution in [3.63, 3.8) is 0 Å². The van der Waals surface area contributed by atoms with Crippen LogP contribution in [0.5, 0.6) is 0 Å². The zero-order valence-electron chi connectivity index (χ0n) is 15.5. The van der Waals surface area contributed by atoms with Crippen molar-refractivity contribution in [2.75, 3.05) is 18.4 Å². The number of rotatable bonds is 6. The van der Waals surface area contributed by atoms with E-state index in [0.29, 0.717) is 5.92 Å². The lowest BCUT2D eigenvalue weighted by molar-refractivity contribution is 0.487. The molecule has 0 aliphatic carbocycles. The summed E-state index contributed by atoms with van der Waals surface area (Å²) >= 11 is 3.19. The Kier molecular flexibility index (Phi) is 5.49. The number of anilines is 1. The number of guanidine groups is 1. The smallest absolute Gasteiger partial charge is 0.197 e. The second kappa shape index (κ2) is 8.18. The first-order valence-corrected chi connectivity index (χ1v) is 10.9. The first kappa shape index (κ1) is 18.1. The summed E-state index contributed by atoms with van der Waals surface area (Å²) in [5.41, 5.74) is 2.84. The molecule has 142 valence electrons. The lowest BCUT2D eigenvalue weighted by atomic mass is 10.1. The van der Waals surface area contributed by atoms with Gasteiger partial charge in [0.05, 0.1) is 6.20 Å². The van der Waals surface area contributed by atoms with Gasteiger partial charge in [0, 0.05) is 42.2 Å². The summed E-state index contributed by atoms with van der Waals surface area (Å²) in [6, 6.07) is 0. The van der Waals surface area contributed by atoms with E-state index in [1.165, 1.54) is 0 Å². The van der Waals surface area contributed by atoms with Gasteiger partial charge >= 0.3 is 0 Å². The maximum atomic E-state index is 4.76. The topological polar surface area (TPSA) is 80.0 Å². The monoisotopic (exact) mass is 401 g/mol. The number of nitrogens with zero attached hydrogens (tertiary/aromatic N) is 5.